The van der Waals surface area contributed by atoms with Crippen molar-refractivity contribution in [3.63, 3.8) is 0 Å². The Morgan fingerprint density at radius 1 is 1.15 bits per heavy atom. The second kappa shape index (κ2) is 8.84. The molecular formula is C25H29N5O3. The number of aromatic nitrogens is 3. The van der Waals surface area contributed by atoms with Gasteiger partial charge in [0.15, 0.2) is 5.69 Å². The summed E-state index contributed by atoms with van der Waals surface area (Å²) in [5.74, 6) is 0.936. The third kappa shape index (κ3) is 4.29. The summed E-state index contributed by atoms with van der Waals surface area (Å²) in [4.78, 5) is 30.3. The van der Waals surface area contributed by atoms with Crippen molar-refractivity contribution < 1.29 is 14.1 Å². The van der Waals surface area contributed by atoms with Crippen LogP contribution in [0.2, 0.25) is 0 Å². The van der Waals surface area contributed by atoms with Crippen LogP contribution < -0.4 is 0 Å². The zero-order valence-corrected chi connectivity index (χ0v) is 19.1. The molecule has 0 bridgehead atoms. The zero-order chi connectivity index (χ0) is 22.9. The van der Waals surface area contributed by atoms with Gasteiger partial charge in [0.2, 0.25) is 5.91 Å². The standard InChI is InChI=1S/C25H29N5O3/c1-17-7-9-19(10-8-17)13-30-22-16-28(14-20(22)5-3-6-23(30)31)25(32)24-21(18(2)33-27-24)15-29-12-4-11-26-29/h4,7-12,20,22H,3,5-6,13-16H2,1-2H3/t20-,22+/m1/s1. The molecule has 0 radical (unpaired) electrons. The molecule has 5 rings (SSSR count). The Hall–Kier alpha value is -3.42. The number of carbonyl (C=O) groups is 2. The van der Waals surface area contributed by atoms with Crippen LogP contribution in [0.5, 0.6) is 0 Å². The van der Waals surface area contributed by atoms with Crippen molar-refractivity contribution in [1.29, 1.82) is 0 Å². The number of amides is 2. The molecule has 0 spiro atoms. The van der Waals surface area contributed by atoms with Gasteiger partial charge in [-0.25, -0.2) is 0 Å². The highest BCUT2D eigenvalue weighted by atomic mass is 16.5. The van der Waals surface area contributed by atoms with E-state index in [4.69, 9.17) is 4.52 Å². The van der Waals surface area contributed by atoms with E-state index in [2.05, 4.69) is 41.4 Å². The van der Waals surface area contributed by atoms with Crippen molar-refractivity contribution in [3.05, 3.63) is 70.9 Å². The summed E-state index contributed by atoms with van der Waals surface area (Å²) in [6, 6.07) is 10.2. The van der Waals surface area contributed by atoms with E-state index in [1.165, 1.54) is 5.56 Å². The molecule has 0 N–H and O–H groups in total. The number of fused-ring (bicyclic) bond motifs is 1. The van der Waals surface area contributed by atoms with E-state index in [0.29, 0.717) is 44.1 Å². The molecule has 4 heterocycles. The number of nitrogens with zero attached hydrogens (tertiary/aromatic N) is 5. The van der Waals surface area contributed by atoms with Crippen LogP contribution in [0.1, 0.15) is 52.2 Å². The minimum atomic E-state index is -0.134. The van der Waals surface area contributed by atoms with E-state index in [9.17, 15) is 9.59 Å². The van der Waals surface area contributed by atoms with Crippen LogP contribution >= 0.6 is 0 Å². The Labute approximate surface area is 193 Å². The van der Waals surface area contributed by atoms with Crippen molar-refractivity contribution in [2.75, 3.05) is 13.1 Å². The summed E-state index contributed by atoms with van der Waals surface area (Å²) >= 11 is 0. The molecule has 2 fully saturated rings. The average Bonchev–Trinajstić information content (AvgIpc) is 3.53. The Bertz CT molecular complexity index is 1140. The molecule has 2 saturated heterocycles. The molecule has 0 aliphatic carbocycles. The normalized spacial score (nSPS) is 20.7. The van der Waals surface area contributed by atoms with E-state index in [1.54, 1.807) is 10.9 Å². The van der Waals surface area contributed by atoms with Crippen LogP contribution in [0.15, 0.2) is 47.2 Å². The van der Waals surface area contributed by atoms with Crippen LogP contribution in [0, 0.1) is 19.8 Å². The maximum atomic E-state index is 13.5. The number of rotatable bonds is 5. The number of likely N-dealkylation sites (tertiary alicyclic amines) is 2. The second-order valence-corrected chi connectivity index (χ2v) is 9.21. The molecule has 2 aromatic heterocycles. The molecule has 0 saturated carbocycles. The third-order valence-corrected chi connectivity index (χ3v) is 6.92. The number of hydrogen-bond acceptors (Lipinski definition) is 5. The van der Waals surface area contributed by atoms with Gasteiger partial charge in [0.1, 0.15) is 5.76 Å². The van der Waals surface area contributed by atoms with Crippen LogP contribution in [0.3, 0.4) is 0 Å². The second-order valence-electron chi connectivity index (χ2n) is 9.21. The van der Waals surface area contributed by atoms with E-state index in [-0.39, 0.29) is 23.8 Å². The van der Waals surface area contributed by atoms with Crippen LogP contribution in [0.4, 0.5) is 0 Å². The van der Waals surface area contributed by atoms with Gasteiger partial charge in [-0.15, -0.1) is 0 Å². The van der Waals surface area contributed by atoms with Crippen molar-refractivity contribution in [2.24, 2.45) is 5.92 Å². The first-order chi connectivity index (χ1) is 16.0. The van der Waals surface area contributed by atoms with Gasteiger partial charge < -0.3 is 14.3 Å². The Balaban J connectivity index is 1.36. The molecule has 3 aromatic rings. The molecule has 172 valence electrons. The lowest BCUT2D eigenvalue weighted by atomic mass is 9.98. The summed E-state index contributed by atoms with van der Waals surface area (Å²) < 4.78 is 7.14. The van der Waals surface area contributed by atoms with Crippen molar-refractivity contribution in [1.82, 2.24) is 24.7 Å². The van der Waals surface area contributed by atoms with Gasteiger partial charge >= 0.3 is 0 Å². The zero-order valence-electron chi connectivity index (χ0n) is 19.1. The monoisotopic (exact) mass is 447 g/mol. The van der Waals surface area contributed by atoms with E-state index in [0.717, 1.165) is 24.0 Å². The summed E-state index contributed by atoms with van der Waals surface area (Å²) in [6.45, 7) is 6.04. The summed E-state index contributed by atoms with van der Waals surface area (Å²) in [5, 5.41) is 8.34. The molecule has 33 heavy (non-hydrogen) atoms. The fraction of sp³-hybridized carbons (Fsp3) is 0.440. The fourth-order valence-electron chi connectivity index (χ4n) is 5.05. The summed E-state index contributed by atoms with van der Waals surface area (Å²) in [7, 11) is 0. The van der Waals surface area contributed by atoms with Gasteiger partial charge in [-0.05, 0) is 44.2 Å². The molecule has 2 aliphatic heterocycles. The summed E-state index contributed by atoms with van der Waals surface area (Å²) in [5.41, 5.74) is 3.41. The van der Waals surface area contributed by atoms with Crippen molar-refractivity contribution in [2.45, 2.75) is 52.2 Å². The molecule has 0 unspecified atom stereocenters. The largest absolute Gasteiger partial charge is 0.361 e. The highest BCUT2D eigenvalue weighted by Gasteiger charge is 2.43. The lowest BCUT2D eigenvalue weighted by molar-refractivity contribution is -0.133. The van der Waals surface area contributed by atoms with Crippen LogP contribution in [-0.4, -0.2) is 55.7 Å². The van der Waals surface area contributed by atoms with Gasteiger partial charge in [-0.1, -0.05) is 35.0 Å². The third-order valence-electron chi connectivity index (χ3n) is 6.92. The lowest BCUT2D eigenvalue weighted by Gasteiger charge is -2.30. The first-order valence-corrected chi connectivity index (χ1v) is 11.6. The highest BCUT2D eigenvalue weighted by molar-refractivity contribution is 5.94. The Morgan fingerprint density at radius 2 is 1.97 bits per heavy atom. The van der Waals surface area contributed by atoms with E-state index >= 15 is 0 Å². The SMILES string of the molecule is Cc1ccc(CN2C(=O)CCC[C@@H]3CN(C(=O)c4noc(C)c4Cn4cccn4)C[C@@H]32)cc1. The Kier molecular flexibility index (Phi) is 5.74. The van der Waals surface area contributed by atoms with Gasteiger partial charge in [-0.2, -0.15) is 5.10 Å². The Morgan fingerprint density at radius 3 is 2.73 bits per heavy atom. The lowest BCUT2D eigenvalue weighted by Crippen LogP contribution is -2.43. The molecule has 2 aliphatic rings. The molecule has 8 heteroatoms. The molecule has 2 amide bonds. The quantitative estimate of drug-likeness (QED) is 0.600. The maximum Gasteiger partial charge on any atom is 0.276 e. The van der Waals surface area contributed by atoms with Crippen molar-refractivity contribution in [3.8, 4) is 0 Å². The number of aryl methyl sites for hydroxylation is 2. The molecule has 1 aromatic carbocycles. The summed E-state index contributed by atoms with van der Waals surface area (Å²) in [6.07, 6.45) is 5.94. The predicted molar refractivity (Wildman–Crippen MR) is 121 cm³/mol. The smallest absolute Gasteiger partial charge is 0.276 e. The van der Waals surface area contributed by atoms with Gasteiger partial charge in [0.25, 0.3) is 5.91 Å². The first kappa shape index (κ1) is 21.4. The molecule has 2 atom stereocenters. The van der Waals surface area contributed by atoms with Gasteiger partial charge in [0, 0.05) is 44.0 Å². The van der Waals surface area contributed by atoms with Gasteiger partial charge in [-0.3, -0.25) is 14.3 Å². The topological polar surface area (TPSA) is 84.5 Å². The average molecular weight is 448 g/mol. The van der Waals surface area contributed by atoms with Gasteiger partial charge in [0.05, 0.1) is 12.6 Å². The molecular weight excluding hydrogens is 418 g/mol. The van der Waals surface area contributed by atoms with Crippen LogP contribution in [-0.2, 0) is 17.9 Å². The van der Waals surface area contributed by atoms with E-state index in [1.807, 2.05) is 29.0 Å². The minimum Gasteiger partial charge on any atom is -0.361 e. The number of benzene rings is 1. The number of carbonyl (C=O) groups excluding carboxylic acids is 2. The number of hydrogen-bond donors (Lipinski definition) is 0. The minimum absolute atomic E-state index is 0.0211. The van der Waals surface area contributed by atoms with E-state index < -0.39 is 0 Å². The van der Waals surface area contributed by atoms with Crippen LogP contribution in [0.25, 0.3) is 0 Å². The first-order valence-electron chi connectivity index (χ1n) is 11.6. The molecule has 8 nitrogen and oxygen atoms in total. The fourth-order valence-corrected chi connectivity index (χ4v) is 5.05. The maximum absolute atomic E-state index is 13.5. The predicted octanol–water partition coefficient (Wildman–Crippen LogP) is 3.19. The highest BCUT2D eigenvalue weighted by Crippen LogP contribution is 2.33. The van der Waals surface area contributed by atoms with Crippen molar-refractivity contribution >= 4 is 11.8 Å².